The smallest absolute Gasteiger partial charge is 0.269 e. The molecule has 0 atom stereocenters. The highest BCUT2D eigenvalue weighted by Crippen LogP contribution is 2.31. The van der Waals surface area contributed by atoms with Gasteiger partial charge in [0, 0.05) is 41.3 Å². The molecule has 104 valence electrons. The van der Waals surface area contributed by atoms with Gasteiger partial charge < -0.3 is 5.32 Å². The Morgan fingerprint density at radius 1 is 1.45 bits per heavy atom. The fraction of sp³-hybridized carbons (Fsp3) is 0.154. The fourth-order valence-corrected chi connectivity index (χ4v) is 3.15. The molecule has 2 rings (SSSR count). The molecule has 20 heavy (non-hydrogen) atoms. The van der Waals surface area contributed by atoms with Gasteiger partial charge in [0.1, 0.15) is 5.03 Å². The second kappa shape index (κ2) is 6.71. The maximum Gasteiger partial charge on any atom is 0.269 e. The van der Waals surface area contributed by atoms with Crippen LogP contribution in [-0.2, 0) is 5.75 Å². The summed E-state index contributed by atoms with van der Waals surface area (Å²) in [4.78, 5) is 14.7. The predicted molar refractivity (Wildman–Crippen MR) is 84.1 cm³/mol. The highest BCUT2D eigenvalue weighted by Gasteiger charge is 2.11. The molecule has 0 bridgehead atoms. The van der Waals surface area contributed by atoms with Gasteiger partial charge in [-0.25, -0.2) is 4.98 Å². The molecule has 0 fully saturated rings. The van der Waals surface area contributed by atoms with E-state index in [0.717, 1.165) is 20.7 Å². The van der Waals surface area contributed by atoms with Crippen LogP contribution in [0.15, 0.2) is 46.0 Å². The topological polar surface area (TPSA) is 68.1 Å². The Morgan fingerprint density at radius 2 is 2.25 bits per heavy atom. The summed E-state index contributed by atoms with van der Waals surface area (Å²) in [7, 11) is 1.80. The lowest BCUT2D eigenvalue weighted by Gasteiger charge is -2.09. The Balaban J connectivity index is 2.22. The zero-order valence-electron chi connectivity index (χ0n) is 10.7. The van der Waals surface area contributed by atoms with E-state index in [1.54, 1.807) is 25.4 Å². The second-order valence-electron chi connectivity index (χ2n) is 3.93. The summed E-state index contributed by atoms with van der Waals surface area (Å²) in [5.74, 6) is 0.605. The minimum absolute atomic E-state index is 0.0969. The quantitative estimate of drug-likeness (QED) is 0.498. The average Bonchev–Trinajstić information content (AvgIpc) is 2.46. The molecule has 5 nitrogen and oxygen atoms in total. The molecule has 2 aromatic rings. The normalized spacial score (nSPS) is 10.3. The third-order valence-electron chi connectivity index (χ3n) is 2.66. The van der Waals surface area contributed by atoms with Crippen molar-refractivity contribution < 1.29 is 4.92 Å². The maximum absolute atomic E-state index is 10.8. The van der Waals surface area contributed by atoms with E-state index in [9.17, 15) is 10.1 Å². The largest absolute Gasteiger partial charge is 0.388 e. The summed E-state index contributed by atoms with van der Waals surface area (Å²) in [5, 5.41) is 14.7. The summed E-state index contributed by atoms with van der Waals surface area (Å²) >= 11 is 4.97. The van der Waals surface area contributed by atoms with Crippen molar-refractivity contribution >= 4 is 39.1 Å². The molecular formula is C13H12BrN3O2S. The Hall–Kier alpha value is -1.60. The molecule has 0 saturated carbocycles. The van der Waals surface area contributed by atoms with Gasteiger partial charge in [0.2, 0.25) is 0 Å². The van der Waals surface area contributed by atoms with E-state index in [1.807, 2.05) is 12.1 Å². The lowest BCUT2D eigenvalue weighted by molar-refractivity contribution is -0.384. The molecular weight excluding hydrogens is 342 g/mol. The number of rotatable bonds is 5. The Labute approximate surface area is 129 Å². The van der Waals surface area contributed by atoms with Crippen molar-refractivity contribution in [1.82, 2.24) is 4.98 Å². The molecule has 1 heterocycles. The number of nitro benzene ring substituents is 1. The van der Waals surface area contributed by atoms with Crippen molar-refractivity contribution in [2.45, 2.75) is 10.8 Å². The Morgan fingerprint density at radius 3 is 2.90 bits per heavy atom. The lowest BCUT2D eigenvalue weighted by atomic mass is 10.2. The number of anilines is 1. The molecule has 1 aromatic heterocycles. The number of thioether (sulfide) groups is 1. The van der Waals surface area contributed by atoms with E-state index in [4.69, 9.17) is 0 Å². The zero-order valence-corrected chi connectivity index (χ0v) is 13.1. The standard InChI is InChI=1S/C13H12BrN3O2S/c1-15-12-5-4-10(17(18)19)7-9(12)8-20-13-11(14)3-2-6-16-13/h2-7,15H,8H2,1H3. The molecule has 0 aliphatic heterocycles. The van der Waals surface area contributed by atoms with Crippen molar-refractivity contribution in [2.75, 3.05) is 12.4 Å². The highest BCUT2D eigenvalue weighted by molar-refractivity contribution is 9.10. The van der Waals surface area contributed by atoms with E-state index >= 15 is 0 Å². The van der Waals surface area contributed by atoms with Crippen LogP contribution in [0.4, 0.5) is 11.4 Å². The van der Waals surface area contributed by atoms with E-state index in [-0.39, 0.29) is 10.6 Å². The van der Waals surface area contributed by atoms with Gasteiger partial charge in [0.25, 0.3) is 5.69 Å². The van der Waals surface area contributed by atoms with Gasteiger partial charge >= 0.3 is 0 Å². The first-order valence-electron chi connectivity index (χ1n) is 5.80. The van der Waals surface area contributed by atoms with Crippen LogP contribution in [0.5, 0.6) is 0 Å². The summed E-state index contributed by atoms with van der Waals surface area (Å²) in [6, 6.07) is 8.58. The monoisotopic (exact) mass is 353 g/mol. The van der Waals surface area contributed by atoms with E-state index in [1.165, 1.54) is 17.8 Å². The third-order valence-corrected chi connectivity index (χ3v) is 4.61. The molecule has 0 spiro atoms. The minimum atomic E-state index is -0.385. The van der Waals surface area contributed by atoms with Crippen LogP contribution in [0, 0.1) is 10.1 Å². The summed E-state index contributed by atoms with van der Waals surface area (Å²) < 4.78 is 0.918. The van der Waals surface area contributed by atoms with Gasteiger partial charge in [-0.2, -0.15) is 0 Å². The van der Waals surface area contributed by atoms with E-state index in [2.05, 4.69) is 26.2 Å². The molecule has 0 aliphatic rings. The number of non-ortho nitro benzene ring substituents is 1. The van der Waals surface area contributed by atoms with Gasteiger partial charge in [-0.3, -0.25) is 10.1 Å². The van der Waals surface area contributed by atoms with E-state index < -0.39 is 0 Å². The van der Waals surface area contributed by atoms with Crippen molar-refractivity contribution in [3.63, 3.8) is 0 Å². The highest BCUT2D eigenvalue weighted by atomic mass is 79.9. The molecule has 0 saturated heterocycles. The molecule has 0 amide bonds. The minimum Gasteiger partial charge on any atom is -0.388 e. The van der Waals surface area contributed by atoms with Crippen molar-refractivity contribution in [3.05, 3.63) is 56.7 Å². The molecule has 0 aliphatic carbocycles. The first-order chi connectivity index (χ1) is 9.61. The first-order valence-corrected chi connectivity index (χ1v) is 7.58. The number of halogens is 1. The van der Waals surface area contributed by atoms with Gasteiger partial charge in [-0.05, 0) is 39.7 Å². The van der Waals surface area contributed by atoms with Gasteiger partial charge in [0.05, 0.1) is 4.92 Å². The van der Waals surface area contributed by atoms with Crippen molar-refractivity contribution in [3.8, 4) is 0 Å². The zero-order chi connectivity index (χ0) is 14.5. The number of aromatic nitrogens is 1. The Kier molecular flexibility index (Phi) is 4.97. The molecule has 0 unspecified atom stereocenters. The number of hydrogen-bond acceptors (Lipinski definition) is 5. The third kappa shape index (κ3) is 3.49. The SMILES string of the molecule is CNc1ccc([N+](=O)[O-])cc1CSc1ncccc1Br. The van der Waals surface area contributed by atoms with Crippen LogP contribution in [0.3, 0.4) is 0 Å². The summed E-state index contributed by atoms with van der Waals surface area (Å²) in [6.07, 6.45) is 1.72. The fourth-order valence-electron chi connectivity index (χ4n) is 1.68. The van der Waals surface area contributed by atoms with Crippen LogP contribution < -0.4 is 5.32 Å². The van der Waals surface area contributed by atoms with Crippen molar-refractivity contribution in [1.29, 1.82) is 0 Å². The van der Waals surface area contributed by atoms with Crippen LogP contribution in [0.25, 0.3) is 0 Å². The number of pyridine rings is 1. The maximum atomic E-state index is 10.8. The number of benzene rings is 1. The average molecular weight is 354 g/mol. The second-order valence-corrected chi connectivity index (χ2v) is 5.75. The van der Waals surface area contributed by atoms with Crippen LogP contribution in [0.1, 0.15) is 5.56 Å². The van der Waals surface area contributed by atoms with Crippen molar-refractivity contribution in [2.24, 2.45) is 0 Å². The van der Waals surface area contributed by atoms with Gasteiger partial charge in [-0.1, -0.05) is 0 Å². The van der Waals surface area contributed by atoms with Gasteiger partial charge in [-0.15, -0.1) is 11.8 Å². The number of nitrogens with one attached hydrogen (secondary N) is 1. The van der Waals surface area contributed by atoms with Gasteiger partial charge in [0.15, 0.2) is 0 Å². The molecule has 0 radical (unpaired) electrons. The van der Waals surface area contributed by atoms with Crippen LogP contribution in [-0.4, -0.2) is 17.0 Å². The predicted octanol–water partition coefficient (Wildman–Crippen LogP) is 4.09. The molecule has 1 N–H and O–H groups in total. The molecule has 1 aromatic carbocycles. The summed E-state index contributed by atoms with van der Waals surface area (Å²) in [6.45, 7) is 0. The molecule has 7 heteroatoms. The Bertz CT molecular complexity index is 637. The van der Waals surface area contributed by atoms with Crippen LogP contribution in [0.2, 0.25) is 0 Å². The number of nitro groups is 1. The number of hydrogen-bond donors (Lipinski definition) is 1. The van der Waals surface area contributed by atoms with E-state index in [0.29, 0.717) is 5.75 Å². The lowest BCUT2D eigenvalue weighted by Crippen LogP contribution is -1.97. The summed E-state index contributed by atoms with van der Waals surface area (Å²) in [5.41, 5.74) is 1.86. The van der Waals surface area contributed by atoms with Crippen LogP contribution >= 0.6 is 27.7 Å². The first kappa shape index (κ1) is 14.8. The number of nitrogens with zero attached hydrogens (tertiary/aromatic N) is 2.